The minimum Gasteiger partial charge on any atom is -0.467 e. The van der Waals surface area contributed by atoms with Crippen molar-refractivity contribution in [2.45, 2.75) is 25.7 Å². The van der Waals surface area contributed by atoms with Crippen molar-refractivity contribution in [2.24, 2.45) is 5.16 Å². The number of ether oxygens (including phenoxy) is 3. The molecule has 0 radical (unpaired) electrons. The summed E-state index contributed by atoms with van der Waals surface area (Å²) in [6.45, 7) is 3.41. The highest BCUT2D eigenvalue weighted by Gasteiger charge is 2.21. The Labute approximate surface area is 185 Å². The first-order valence-corrected chi connectivity index (χ1v) is 10.8. The summed E-state index contributed by atoms with van der Waals surface area (Å²) in [5, 5.41) is 6.37. The zero-order chi connectivity index (χ0) is 23.7. The third-order valence-corrected chi connectivity index (χ3v) is 4.76. The molecule has 1 heterocycles. The van der Waals surface area contributed by atoms with Crippen LogP contribution >= 0.6 is 0 Å². The van der Waals surface area contributed by atoms with Crippen LogP contribution < -0.4 is 19.5 Å². The number of hydrogen-bond donors (Lipinski definition) is 2. The largest absolute Gasteiger partial charge is 0.467 e. The molecule has 174 valence electrons. The maximum Gasteiger partial charge on any atom is 0.338 e. The highest BCUT2D eigenvalue weighted by Crippen LogP contribution is 2.15. The normalized spacial score (nSPS) is 11.6. The number of oxime groups is 1. The van der Waals surface area contributed by atoms with E-state index in [0.29, 0.717) is 0 Å². The maximum atomic E-state index is 12.8. The smallest absolute Gasteiger partial charge is 0.338 e. The first kappa shape index (κ1) is 24.6. The first-order chi connectivity index (χ1) is 15.2. The predicted molar refractivity (Wildman–Crippen MR) is 114 cm³/mol. The topological polar surface area (TPSA) is 163 Å². The number of guanidine groups is 1. The minimum atomic E-state index is -4.06. The van der Waals surface area contributed by atoms with Crippen molar-refractivity contribution in [3.05, 3.63) is 35.4 Å². The summed E-state index contributed by atoms with van der Waals surface area (Å²) in [4.78, 5) is 28.9. The molecule has 0 atom stereocenters. The van der Waals surface area contributed by atoms with Gasteiger partial charge in [0, 0.05) is 0 Å². The average Bonchev–Trinajstić information content (AvgIpc) is 2.76. The minimum absolute atomic E-state index is 0.0710. The molecule has 2 N–H and O–H groups in total. The Balaban J connectivity index is 2.31. The fourth-order valence-electron chi connectivity index (χ4n) is 2.25. The van der Waals surface area contributed by atoms with Crippen molar-refractivity contribution < 1.29 is 32.3 Å². The van der Waals surface area contributed by atoms with Gasteiger partial charge in [-0.3, -0.25) is 5.32 Å². The quantitative estimate of drug-likeness (QED) is 0.233. The van der Waals surface area contributed by atoms with Gasteiger partial charge in [0.05, 0.1) is 32.6 Å². The lowest BCUT2D eigenvalue weighted by Gasteiger charge is -2.14. The molecule has 0 bridgehead atoms. The van der Waals surface area contributed by atoms with Gasteiger partial charge in [0.1, 0.15) is 6.10 Å². The van der Waals surface area contributed by atoms with Gasteiger partial charge < -0.3 is 19.0 Å². The van der Waals surface area contributed by atoms with E-state index in [1.807, 2.05) is 0 Å². The van der Waals surface area contributed by atoms with E-state index in [1.165, 1.54) is 33.5 Å². The summed E-state index contributed by atoms with van der Waals surface area (Å²) in [7, 11) is -0.165. The number of anilines is 1. The Morgan fingerprint density at radius 2 is 1.69 bits per heavy atom. The van der Waals surface area contributed by atoms with Gasteiger partial charge in [-0.2, -0.15) is 9.97 Å². The summed E-state index contributed by atoms with van der Waals surface area (Å²) in [6, 6.07) is 6.03. The molecular formula is C18H24N6O7S. The van der Waals surface area contributed by atoms with Crippen LogP contribution in [0, 0.1) is 0 Å². The summed E-state index contributed by atoms with van der Waals surface area (Å²) in [6.07, 6.45) is -0.348. The van der Waals surface area contributed by atoms with Crippen molar-refractivity contribution >= 4 is 27.9 Å². The fourth-order valence-corrected chi connectivity index (χ4v) is 3.37. The van der Waals surface area contributed by atoms with Crippen molar-refractivity contribution in [1.29, 1.82) is 0 Å². The van der Waals surface area contributed by atoms with Gasteiger partial charge in [0.25, 0.3) is 5.96 Å². The molecule has 0 saturated heterocycles. The number of esters is 1. The molecule has 0 aliphatic carbocycles. The lowest BCUT2D eigenvalue weighted by Crippen LogP contribution is -2.37. The van der Waals surface area contributed by atoms with Crippen molar-refractivity contribution in [3.63, 3.8) is 0 Å². The summed E-state index contributed by atoms with van der Waals surface area (Å²) >= 11 is 0. The van der Waals surface area contributed by atoms with Crippen LogP contribution in [0.2, 0.25) is 0 Å². The maximum absolute atomic E-state index is 12.8. The third-order valence-electron chi connectivity index (χ3n) is 3.56. The Morgan fingerprint density at radius 1 is 1.06 bits per heavy atom. The van der Waals surface area contributed by atoms with E-state index < -0.39 is 21.7 Å². The van der Waals surface area contributed by atoms with Gasteiger partial charge >= 0.3 is 18.0 Å². The third kappa shape index (κ3) is 7.23. The number of carbonyl (C=O) groups is 1. The van der Waals surface area contributed by atoms with E-state index >= 15 is 0 Å². The second-order valence-corrected chi connectivity index (χ2v) is 8.08. The molecule has 1 aromatic carbocycles. The standard InChI is InChI=1S/C18H24N6O7S/c1-11(2)31-23-16(19-15-20-17(29-4)22-18(21-15)30-5)24-32(26,27)10-12-8-6-7-9-13(12)14(25)28-3/h6-9,11H,10H2,1-5H3,(H2,19,20,21,22,23,24). The summed E-state index contributed by atoms with van der Waals surface area (Å²) in [5.74, 6) is -1.64. The number of benzene rings is 1. The first-order valence-electron chi connectivity index (χ1n) is 9.19. The molecule has 1 aromatic heterocycles. The van der Waals surface area contributed by atoms with Gasteiger partial charge in [-0.05, 0) is 30.6 Å². The number of rotatable bonds is 9. The number of carbonyl (C=O) groups excluding carboxylic acids is 1. The average molecular weight is 468 g/mol. The van der Waals surface area contributed by atoms with Crippen LogP contribution in [0.4, 0.5) is 5.95 Å². The lowest BCUT2D eigenvalue weighted by molar-refractivity contribution is 0.0599. The Bertz CT molecular complexity index is 1050. The molecule has 32 heavy (non-hydrogen) atoms. The molecule has 0 fully saturated rings. The van der Waals surface area contributed by atoms with Crippen LogP contribution in [0.5, 0.6) is 12.0 Å². The number of nitrogens with zero attached hydrogens (tertiary/aromatic N) is 4. The fraction of sp³-hybridized carbons (Fsp3) is 0.389. The second-order valence-electron chi connectivity index (χ2n) is 6.36. The van der Waals surface area contributed by atoms with Crippen LogP contribution in [-0.2, 0) is 25.4 Å². The Hall–Kier alpha value is -3.68. The molecule has 0 amide bonds. The molecule has 14 heteroatoms. The Morgan fingerprint density at radius 3 is 2.25 bits per heavy atom. The van der Waals surface area contributed by atoms with Gasteiger partial charge in [-0.1, -0.05) is 18.2 Å². The SMILES string of the molecule is COC(=O)c1ccccc1CS(=O)(=O)NC(=NOC(C)C)Nc1nc(OC)nc(OC)n1. The molecule has 2 aromatic rings. The van der Waals surface area contributed by atoms with Crippen LogP contribution in [0.25, 0.3) is 0 Å². The van der Waals surface area contributed by atoms with E-state index in [1.54, 1.807) is 26.0 Å². The van der Waals surface area contributed by atoms with E-state index in [-0.39, 0.29) is 41.2 Å². The van der Waals surface area contributed by atoms with Crippen molar-refractivity contribution in [3.8, 4) is 12.0 Å². The molecular weight excluding hydrogens is 444 g/mol. The van der Waals surface area contributed by atoms with Crippen molar-refractivity contribution in [1.82, 2.24) is 19.7 Å². The zero-order valence-corrected chi connectivity index (χ0v) is 19.0. The van der Waals surface area contributed by atoms with Gasteiger partial charge in [0.2, 0.25) is 16.0 Å². The van der Waals surface area contributed by atoms with Gasteiger partial charge in [0.15, 0.2) is 0 Å². The van der Waals surface area contributed by atoms with Crippen LogP contribution in [0.15, 0.2) is 29.4 Å². The van der Waals surface area contributed by atoms with Gasteiger partial charge in [-0.25, -0.2) is 17.9 Å². The van der Waals surface area contributed by atoms with E-state index in [9.17, 15) is 13.2 Å². The van der Waals surface area contributed by atoms with Crippen LogP contribution in [0.3, 0.4) is 0 Å². The second kappa shape index (κ2) is 11.1. The number of sulfonamides is 1. The van der Waals surface area contributed by atoms with Gasteiger partial charge in [-0.15, -0.1) is 4.98 Å². The van der Waals surface area contributed by atoms with Crippen molar-refractivity contribution in [2.75, 3.05) is 26.6 Å². The molecule has 2 rings (SSSR count). The zero-order valence-electron chi connectivity index (χ0n) is 18.1. The van der Waals surface area contributed by atoms with E-state index in [4.69, 9.17) is 19.0 Å². The molecule has 0 spiro atoms. The Kier molecular flexibility index (Phi) is 8.52. The van der Waals surface area contributed by atoms with E-state index in [0.717, 1.165) is 0 Å². The van der Waals surface area contributed by atoms with E-state index in [2.05, 4.69) is 30.1 Å². The monoisotopic (exact) mass is 468 g/mol. The number of hydrogen-bond acceptors (Lipinski definition) is 11. The molecule has 0 aliphatic rings. The summed E-state index contributed by atoms with van der Waals surface area (Å²) in [5.41, 5.74) is 0.358. The van der Waals surface area contributed by atoms with Crippen LogP contribution in [-0.4, -0.2) is 62.7 Å². The number of methoxy groups -OCH3 is 3. The molecule has 0 saturated carbocycles. The predicted octanol–water partition coefficient (Wildman–Crippen LogP) is 0.903. The summed E-state index contributed by atoms with van der Waals surface area (Å²) < 4.78 is 42.5. The molecule has 0 unspecified atom stereocenters. The number of nitrogens with one attached hydrogen (secondary N) is 2. The lowest BCUT2D eigenvalue weighted by atomic mass is 10.1. The highest BCUT2D eigenvalue weighted by molar-refractivity contribution is 7.89. The number of aromatic nitrogens is 3. The molecule has 13 nitrogen and oxygen atoms in total. The van der Waals surface area contributed by atoms with Crippen LogP contribution in [0.1, 0.15) is 29.8 Å². The highest BCUT2D eigenvalue weighted by atomic mass is 32.2. The molecule has 0 aliphatic heterocycles.